The Labute approximate surface area is 126 Å². The van der Waals surface area contributed by atoms with Crippen molar-refractivity contribution in [2.75, 3.05) is 4.31 Å². The molecule has 4 heteroatoms. The zero-order chi connectivity index (χ0) is 15.2. The molecule has 0 bridgehead atoms. The van der Waals surface area contributed by atoms with Crippen molar-refractivity contribution in [1.82, 2.24) is 0 Å². The van der Waals surface area contributed by atoms with Crippen LogP contribution in [0, 0.1) is 6.92 Å². The Morgan fingerprint density at radius 3 is 2.24 bits per heavy atom. The Morgan fingerprint density at radius 2 is 1.57 bits per heavy atom. The van der Waals surface area contributed by atoms with Gasteiger partial charge in [0.25, 0.3) is 10.0 Å². The second-order valence-electron chi connectivity index (χ2n) is 5.70. The minimum Gasteiger partial charge on any atom is -0.263 e. The third-order valence-corrected chi connectivity index (χ3v) is 6.25. The summed E-state index contributed by atoms with van der Waals surface area (Å²) >= 11 is 0. The van der Waals surface area contributed by atoms with Crippen LogP contribution in [0.25, 0.3) is 0 Å². The van der Waals surface area contributed by atoms with Gasteiger partial charge in [0.2, 0.25) is 0 Å². The Balaban J connectivity index is 2.13. The average Bonchev–Trinajstić information content (AvgIpc) is 2.72. The van der Waals surface area contributed by atoms with Crippen LogP contribution >= 0.6 is 0 Å². The van der Waals surface area contributed by atoms with Gasteiger partial charge in [-0.3, -0.25) is 4.31 Å². The predicted molar refractivity (Wildman–Crippen MR) is 85.2 cm³/mol. The molecule has 1 aliphatic heterocycles. The summed E-state index contributed by atoms with van der Waals surface area (Å²) in [6.45, 7) is 6.00. The molecule has 3 rings (SSSR count). The third-order valence-electron chi connectivity index (χ3n) is 4.34. The number of rotatable bonds is 2. The second-order valence-corrected chi connectivity index (χ2v) is 7.52. The quantitative estimate of drug-likeness (QED) is 0.848. The Morgan fingerprint density at radius 1 is 0.952 bits per heavy atom. The molecule has 3 nitrogen and oxygen atoms in total. The number of hydrogen-bond donors (Lipinski definition) is 0. The molecular formula is C17H19NO2S. The first-order chi connectivity index (χ1) is 9.93. The van der Waals surface area contributed by atoms with Gasteiger partial charge in [0.1, 0.15) is 0 Å². The molecule has 0 fully saturated rings. The lowest BCUT2D eigenvalue weighted by Gasteiger charge is -2.26. The Bertz CT molecular complexity index is 766. The molecule has 110 valence electrons. The van der Waals surface area contributed by atoms with Crippen molar-refractivity contribution in [1.29, 1.82) is 0 Å². The van der Waals surface area contributed by atoms with E-state index in [2.05, 4.69) is 6.92 Å². The van der Waals surface area contributed by atoms with E-state index in [4.69, 9.17) is 0 Å². The smallest absolute Gasteiger partial charge is 0.263 e. The predicted octanol–water partition coefficient (Wildman–Crippen LogP) is 3.70. The Kier molecular flexibility index (Phi) is 3.29. The van der Waals surface area contributed by atoms with Gasteiger partial charge < -0.3 is 0 Å². The van der Waals surface area contributed by atoms with Crippen LogP contribution in [0.2, 0.25) is 0 Å². The molecule has 0 saturated carbocycles. The van der Waals surface area contributed by atoms with Crippen molar-refractivity contribution in [3.8, 4) is 0 Å². The molecule has 0 aliphatic carbocycles. The van der Waals surface area contributed by atoms with Gasteiger partial charge in [0, 0.05) is 12.0 Å². The number of fused-ring (bicyclic) bond motifs is 1. The minimum absolute atomic E-state index is 0.0753. The lowest BCUT2D eigenvalue weighted by molar-refractivity contribution is 0.573. The van der Waals surface area contributed by atoms with Crippen molar-refractivity contribution in [3.63, 3.8) is 0 Å². The number of sulfonamides is 1. The number of aryl methyl sites for hydroxylation is 1. The van der Waals surface area contributed by atoms with E-state index >= 15 is 0 Å². The van der Waals surface area contributed by atoms with Crippen LogP contribution < -0.4 is 4.31 Å². The maximum Gasteiger partial charge on any atom is 0.264 e. The van der Waals surface area contributed by atoms with E-state index < -0.39 is 10.0 Å². The zero-order valence-electron chi connectivity index (χ0n) is 12.4. The fraction of sp³-hybridized carbons (Fsp3) is 0.294. The standard InChI is InChI=1S/C17H19NO2S/c1-12-8-10-15(11-9-12)21(19,20)18-14(3)13(2)16-6-4-5-7-17(16)18/h4-11,13-14H,1-3H3. The number of benzene rings is 2. The molecule has 0 radical (unpaired) electrons. The van der Waals surface area contributed by atoms with Gasteiger partial charge in [0.05, 0.1) is 10.6 Å². The zero-order valence-corrected chi connectivity index (χ0v) is 13.3. The highest BCUT2D eigenvalue weighted by Crippen LogP contribution is 2.43. The van der Waals surface area contributed by atoms with Gasteiger partial charge in [0.15, 0.2) is 0 Å². The molecule has 1 heterocycles. The van der Waals surface area contributed by atoms with Crippen molar-refractivity contribution in [3.05, 3.63) is 59.7 Å². The summed E-state index contributed by atoms with van der Waals surface area (Å²) in [5, 5.41) is 0. The van der Waals surface area contributed by atoms with Gasteiger partial charge in [-0.05, 0) is 37.6 Å². The number of anilines is 1. The number of para-hydroxylation sites is 1. The van der Waals surface area contributed by atoms with Crippen LogP contribution in [-0.2, 0) is 10.0 Å². The van der Waals surface area contributed by atoms with Crippen LogP contribution in [0.1, 0.15) is 30.9 Å². The van der Waals surface area contributed by atoms with Crippen molar-refractivity contribution >= 4 is 15.7 Å². The molecule has 0 aromatic heterocycles. The van der Waals surface area contributed by atoms with E-state index in [0.717, 1.165) is 16.8 Å². The molecule has 1 aliphatic rings. The lowest BCUT2D eigenvalue weighted by atomic mass is 9.99. The van der Waals surface area contributed by atoms with Crippen LogP contribution in [0.5, 0.6) is 0 Å². The SMILES string of the molecule is Cc1ccc(S(=O)(=O)N2c3ccccc3C(C)C2C)cc1. The summed E-state index contributed by atoms with van der Waals surface area (Å²) in [6.07, 6.45) is 0. The largest absolute Gasteiger partial charge is 0.264 e. The van der Waals surface area contributed by atoms with Crippen LogP contribution in [-0.4, -0.2) is 14.5 Å². The fourth-order valence-electron chi connectivity index (χ4n) is 2.93. The van der Waals surface area contributed by atoms with E-state index in [9.17, 15) is 8.42 Å². The van der Waals surface area contributed by atoms with Gasteiger partial charge in [-0.15, -0.1) is 0 Å². The first-order valence-corrected chi connectivity index (χ1v) is 8.57. The van der Waals surface area contributed by atoms with E-state index in [1.165, 1.54) is 0 Å². The molecule has 2 aromatic rings. The normalized spacial score (nSPS) is 21.4. The monoisotopic (exact) mass is 301 g/mol. The number of nitrogens with zero attached hydrogens (tertiary/aromatic N) is 1. The van der Waals surface area contributed by atoms with Crippen LogP contribution in [0.15, 0.2) is 53.4 Å². The molecular weight excluding hydrogens is 282 g/mol. The van der Waals surface area contributed by atoms with E-state index in [1.54, 1.807) is 16.4 Å². The van der Waals surface area contributed by atoms with Crippen molar-refractivity contribution < 1.29 is 8.42 Å². The van der Waals surface area contributed by atoms with E-state index in [1.807, 2.05) is 50.2 Å². The molecule has 2 aromatic carbocycles. The minimum atomic E-state index is -3.52. The third kappa shape index (κ3) is 2.14. The first kappa shape index (κ1) is 14.1. The van der Waals surface area contributed by atoms with Gasteiger partial charge >= 0.3 is 0 Å². The highest BCUT2D eigenvalue weighted by Gasteiger charge is 2.40. The maximum absolute atomic E-state index is 13.0. The van der Waals surface area contributed by atoms with Crippen molar-refractivity contribution in [2.45, 2.75) is 37.6 Å². The highest BCUT2D eigenvalue weighted by molar-refractivity contribution is 7.92. The molecule has 2 unspecified atom stereocenters. The molecule has 21 heavy (non-hydrogen) atoms. The topological polar surface area (TPSA) is 37.4 Å². The Hall–Kier alpha value is -1.81. The summed E-state index contributed by atoms with van der Waals surface area (Å²) in [5.41, 5.74) is 2.95. The van der Waals surface area contributed by atoms with Gasteiger partial charge in [-0.25, -0.2) is 8.42 Å². The maximum atomic E-state index is 13.0. The van der Waals surface area contributed by atoms with E-state index in [-0.39, 0.29) is 12.0 Å². The summed E-state index contributed by atoms with van der Waals surface area (Å²) in [5.74, 6) is 0.196. The average molecular weight is 301 g/mol. The summed E-state index contributed by atoms with van der Waals surface area (Å²) in [6, 6.07) is 14.7. The highest BCUT2D eigenvalue weighted by atomic mass is 32.2. The number of hydrogen-bond acceptors (Lipinski definition) is 2. The molecule has 2 atom stereocenters. The summed E-state index contributed by atoms with van der Waals surface area (Å²) in [4.78, 5) is 0.351. The summed E-state index contributed by atoms with van der Waals surface area (Å²) in [7, 11) is -3.52. The first-order valence-electron chi connectivity index (χ1n) is 7.13. The molecule has 0 saturated heterocycles. The summed E-state index contributed by atoms with van der Waals surface area (Å²) < 4.78 is 27.5. The fourth-order valence-corrected chi connectivity index (χ4v) is 4.68. The molecule has 0 amide bonds. The van der Waals surface area contributed by atoms with E-state index in [0.29, 0.717) is 4.90 Å². The van der Waals surface area contributed by atoms with Crippen molar-refractivity contribution in [2.24, 2.45) is 0 Å². The molecule has 0 N–H and O–H groups in total. The lowest BCUT2D eigenvalue weighted by Crippen LogP contribution is -2.36. The van der Waals surface area contributed by atoms with Gasteiger partial charge in [-0.2, -0.15) is 0 Å². The second kappa shape index (κ2) is 4.88. The van der Waals surface area contributed by atoms with Crippen LogP contribution in [0.4, 0.5) is 5.69 Å². The van der Waals surface area contributed by atoms with Gasteiger partial charge in [-0.1, -0.05) is 42.8 Å². The van der Waals surface area contributed by atoms with Crippen LogP contribution in [0.3, 0.4) is 0 Å². The molecule has 0 spiro atoms.